The maximum Gasteiger partial charge on any atom is 0.173 e. The number of aliphatic hydroxyl groups is 1. The molecule has 0 spiro atoms. The standard InChI is InChI=1S/C13H20N4O2/c14-12(16-19)11-6-1-7-15-13(11)17-8-2-4-10(17)5-3-9-18/h1,6-7,10,18-19H,2-5,8-9H2,(H2,14,16). The maximum absolute atomic E-state index is 8.96. The van der Waals surface area contributed by atoms with Gasteiger partial charge >= 0.3 is 0 Å². The number of oxime groups is 1. The summed E-state index contributed by atoms with van der Waals surface area (Å²) in [5.41, 5.74) is 6.36. The maximum atomic E-state index is 8.96. The van der Waals surface area contributed by atoms with Crippen LogP contribution in [0.1, 0.15) is 31.2 Å². The Balaban J connectivity index is 2.25. The second-order valence-electron chi connectivity index (χ2n) is 4.72. The Morgan fingerprint density at radius 3 is 3.16 bits per heavy atom. The van der Waals surface area contributed by atoms with Crippen molar-refractivity contribution in [3.8, 4) is 0 Å². The lowest BCUT2D eigenvalue weighted by Crippen LogP contribution is -2.32. The van der Waals surface area contributed by atoms with Crippen LogP contribution in [-0.2, 0) is 0 Å². The van der Waals surface area contributed by atoms with Gasteiger partial charge in [0.05, 0.1) is 5.56 Å². The Bertz CT molecular complexity index is 450. The lowest BCUT2D eigenvalue weighted by molar-refractivity contribution is 0.279. The number of rotatable bonds is 5. The number of amidine groups is 1. The van der Waals surface area contributed by atoms with Gasteiger partial charge in [-0.2, -0.15) is 0 Å². The average molecular weight is 264 g/mol. The van der Waals surface area contributed by atoms with Gasteiger partial charge in [-0.1, -0.05) is 5.16 Å². The summed E-state index contributed by atoms with van der Waals surface area (Å²) >= 11 is 0. The van der Waals surface area contributed by atoms with E-state index in [1.165, 1.54) is 0 Å². The Morgan fingerprint density at radius 1 is 1.58 bits per heavy atom. The minimum Gasteiger partial charge on any atom is -0.409 e. The molecular weight excluding hydrogens is 244 g/mol. The minimum atomic E-state index is 0.0795. The molecule has 1 saturated heterocycles. The molecule has 1 fully saturated rings. The van der Waals surface area contributed by atoms with Crippen molar-refractivity contribution < 1.29 is 10.3 Å². The van der Waals surface area contributed by atoms with Crippen LogP contribution in [0, 0.1) is 0 Å². The second kappa shape index (κ2) is 6.38. The first kappa shape index (κ1) is 13.6. The van der Waals surface area contributed by atoms with Gasteiger partial charge in [-0.3, -0.25) is 0 Å². The number of hydrogen-bond acceptors (Lipinski definition) is 5. The number of aliphatic hydroxyl groups excluding tert-OH is 1. The van der Waals surface area contributed by atoms with Crippen molar-refractivity contribution in [3.05, 3.63) is 23.9 Å². The highest BCUT2D eigenvalue weighted by Gasteiger charge is 2.27. The van der Waals surface area contributed by atoms with E-state index in [1.54, 1.807) is 18.3 Å². The van der Waals surface area contributed by atoms with Crippen LogP contribution >= 0.6 is 0 Å². The highest BCUT2D eigenvalue weighted by Crippen LogP contribution is 2.28. The van der Waals surface area contributed by atoms with Gasteiger partial charge in [0.1, 0.15) is 5.82 Å². The Kier molecular flexibility index (Phi) is 4.57. The molecule has 0 aliphatic carbocycles. The highest BCUT2D eigenvalue weighted by atomic mass is 16.4. The summed E-state index contributed by atoms with van der Waals surface area (Å²) in [6.07, 6.45) is 5.62. The fraction of sp³-hybridized carbons (Fsp3) is 0.538. The molecule has 6 nitrogen and oxygen atoms in total. The van der Waals surface area contributed by atoms with Gasteiger partial charge in [-0.15, -0.1) is 0 Å². The Labute approximate surface area is 112 Å². The molecule has 4 N–H and O–H groups in total. The van der Waals surface area contributed by atoms with Crippen LogP contribution < -0.4 is 10.6 Å². The molecule has 0 radical (unpaired) electrons. The van der Waals surface area contributed by atoms with Crippen LogP contribution in [0.5, 0.6) is 0 Å². The third-order valence-electron chi connectivity index (χ3n) is 3.52. The molecule has 19 heavy (non-hydrogen) atoms. The summed E-state index contributed by atoms with van der Waals surface area (Å²) in [4.78, 5) is 6.58. The molecule has 1 aliphatic rings. The lowest BCUT2D eigenvalue weighted by atomic mass is 10.1. The van der Waals surface area contributed by atoms with Gasteiger partial charge in [-0.25, -0.2) is 4.98 Å². The predicted octanol–water partition coefficient (Wildman–Crippen LogP) is 0.917. The highest BCUT2D eigenvalue weighted by molar-refractivity contribution is 6.01. The van der Waals surface area contributed by atoms with Crippen molar-refractivity contribution in [2.45, 2.75) is 31.7 Å². The van der Waals surface area contributed by atoms with Crippen molar-refractivity contribution in [2.75, 3.05) is 18.1 Å². The molecule has 0 bridgehead atoms. The van der Waals surface area contributed by atoms with Gasteiger partial charge in [0.15, 0.2) is 5.84 Å². The van der Waals surface area contributed by atoms with Crippen molar-refractivity contribution in [3.63, 3.8) is 0 Å². The van der Waals surface area contributed by atoms with Crippen molar-refractivity contribution >= 4 is 11.7 Å². The summed E-state index contributed by atoms with van der Waals surface area (Å²) < 4.78 is 0. The lowest BCUT2D eigenvalue weighted by Gasteiger charge is -2.27. The molecule has 1 aromatic heterocycles. The van der Waals surface area contributed by atoms with E-state index in [2.05, 4.69) is 15.0 Å². The number of aromatic nitrogens is 1. The van der Waals surface area contributed by atoms with Gasteiger partial charge in [0, 0.05) is 25.4 Å². The topological polar surface area (TPSA) is 95.0 Å². The molecule has 1 unspecified atom stereocenters. The van der Waals surface area contributed by atoms with E-state index in [-0.39, 0.29) is 12.4 Å². The van der Waals surface area contributed by atoms with Crippen molar-refractivity contribution in [2.24, 2.45) is 10.9 Å². The molecular formula is C13H20N4O2. The second-order valence-corrected chi connectivity index (χ2v) is 4.72. The normalized spacial score (nSPS) is 19.9. The molecule has 0 amide bonds. The van der Waals surface area contributed by atoms with Gasteiger partial charge in [0.2, 0.25) is 0 Å². The van der Waals surface area contributed by atoms with E-state index in [0.29, 0.717) is 11.6 Å². The summed E-state index contributed by atoms with van der Waals surface area (Å²) in [7, 11) is 0. The first-order chi connectivity index (χ1) is 9.27. The first-order valence-electron chi connectivity index (χ1n) is 6.58. The van der Waals surface area contributed by atoms with Crippen LogP contribution in [0.2, 0.25) is 0 Å². The van der Waals surface area contributed by atoms with Crippen LogP contribution in [0.4, 0.5) is 5.82 Å². The van der Waals surface area contributed by atoms with E-state index in [0.717, 1.165) is 38.0 Å². The quantitative estimate of drug-likeness (QED) is 0.318. The van der Waals surface area contributed by atoms with Crippen molar-refractivity contribution in [1.29, 1.82) is 0 Å². The molecule has 0 aromatic carbocycles. The van der Waals surface area contributed by atoms with Gasteiger partial charge in [-0.05, 0) is 37.8 Å². The summed E-state index contributed by atoms with van der Waals surface area (Å²) in [6.45, 7) is 1.12. The van der Waals surface area contributed by atoms with Gasteiger partial charge in [0.25, 0.3) is 0 Å². The first-order valence-corrected chi connectivity index (χ1v) is 6.58. The Morgan fingerprint density at radius 2 is 2.42 bits per heavy atom. The zero-order valence-corrected chi connectivity index (χ0v) is 10.9. The number of nitrogens with zero attached hydrogens (tertiary/aromatic N) is 3. The number of nitrogens with two attached hydrogens (primary N) is 1. The third kappa shape index (κ3) is 2.96. The molecule has 2 rings (SSSR count). The van der Waals surface area contributed by atoms with E-state index in [9.17, 15) is 0 Å². The molecule has 0 saturated carbocycles. The van der Waals surface area contributed by atoms with Gasteiger partial charge < -0.3 is 20.9 Å². The zero-order valence-electron chi connectivity index (χ0n) is 10.9. The fourth-order valence-corrected chi connectivity index (χ4v) is 2.62. The fourth-order valence-electron chi connectivity index (χ4n) is 2.62. The summed E-state index contributed by atoms with van der Waals surface area (Å²) in [6, 6.07) is 3.95. The monoisotopic (exact) mass is 264 g/mol. The van der Waals surface area contributed by atoms with Crippen LogP contribution in [-0.4, -0.2) is 40.3 Å². The average Bonchev–Trinajstić information content (AvgIpc) is 2.92. The van der Waals surface area contributed by atoms with Crippen molar-refractivity contribution in [1.82, 2.24) is 4.98 Å². The van der Waals surface area contributed by atoms with E-state index in [1.807, 2.05) is 0 Å². The van der Waals surface area contributed by atoms with Crippen LogP contribution in [0.25, 0.3) is 0 Å². The van der Waals surface area contributed by atoms with E-state index >= 15 is 0 Å². The molecule has 2 heterocycles. The molecule has 1 aromatic rings. The number of anilines is 1. The van der Waals surface area contributed by atoms with E-state index < -0.39 is 0 Å². The minimum absolute atomic E-state index is 0.0795. The molecule has 6 heteroatoms. The molecule has 1 atom stereocenters. The van der Waals surface area contributed by atoms with Crippen LogP contribution in [0.3, 0.4) is 0 Å². The SMILES string of the molecule is NC(=NO)c1cccnc1N1CCCC1CCCO. The van der Waals surface area contributed by atoms with E-state index in [4.69, 9.17) is 16.0 Å². The zero-order chi connectivity index (χ0) is 13.7. The molecule has 1 aliphatic heterocycles. The summed E-state index contributed by atoms with van der Waals surface area (Å²) in [5.74, 6) is 0.842. The third-order valence-corrected chi connectivity index (χ3v) is 3.52. The largest absolute Gasteiger partial charge is 0.409 e. The molecule has 104 valence electrons. The Hall–Kier alpha value is -1.82. The summed E-state index contributed by atoms with van der Waals surface area (Å²) in [5, 5.41) is 20.9. The smallest absolute Gasteiger partial charge is 0.173 e. The predicted molar refractivity (Wildman–Crippen MR) is 73.4 cm³/mol. The number of hydrogen-bond donors (Lipinski definition) is 3. The van der Waals surface area contributed by atoms with Crippen LogP contribution in [0.15, 0.2) is 23.5 Å². The number of pyridine rings is 1.